The third-order valence-corrected chi connectivity index (χ3v) is 3.08. The molecule has 0 bridgehead atoms. The summed E-state index contributed by atoms with van der Waals surface area (Å²) in [6.45, 7) is 0. The molecule has 2 aromatic heterocycles. The van der Waals surface area contributed by atoms with E-state index in [9.17, 15) is 4.79 Å². The van der Waals surface area contributed by atoms with Crippen molar-refractivity contribution >= 4 is 16.7 Å². The number of methoxy groups -OCH3 is 1. The second-order valence-electron chi connectivity index (χ2n) is 4.30. The summed E-state index contributed by atoms with van der Waals surface area (Å²) in [5.74, 6) is 0.209. The van der Waals surface area contributed by atoms with Crippen LogP contribution >= 0.6 is 0 Å². The zero-order valence-electron chi connectivity index (χ0n) is 10.9. The minimum Gasteiger partial charge on any atom is -0.480 e. The average molecular weight is 264 g/mol. The highest BCUT2D eigenvalue weighted by molar-refractivity contribution is 6.11. The van der Waals surface area contributed by atoms with Crippen LogP contribution in [0.4, 0.5) is 0 Å². The van der Waals surface area contributed by atoms with Gasteiger partial charge >= 0.3 is 0 Å². The average Bonchev–Trinajstić information content (AvgIpc) is 2.53. The van der Waals surface area contributed by atoms with E-state index in [-0.39, 0.29) is 5.78 Å². The van der Waals surface area contributed by atoms with Gasteiger partial charge in [-0.25, -0.2) is 4.98 Å². The van der Waals surface area contributed by atoms with Crippen molar-refractivity contribution in [3.63, 3.8) is 0 Å². The third-order valence-electron chi connectivity index (χ3n) is 3.08. The van der Waals surface area contributed by atoms with Gasteiger partial charge in [0, 0.05) is 23.3 Å². The predicted molar refractivity (Wildman–Crippen MR) is 76.0 cm³/mol. The molecule has 3 rings (SSSR count). The van der Waals surface area contributed by atoms with Crippen molar-refractivity contribution < 1.29 is 9.53 Å². The number of hydrogen-bond donors (Lipinski definition) is 0. The lowest BCUT2D eigenvalue weighted by Crippen LogP contribution is -2.05. The summed E-state index contributed by atoms with van der Waals surface area (Å²) >= 11 is 0. The van der Waals surface area contributed by atoms with E-state index in [2.05, 4.69) is 9.97 Å². The lowest BCUT2D eigenvalue weighted by Gasteiger charge is -2.06. The number of benzene rings is 1. The molecule has 0 spiro atoms. The SMILES string of the molecule is COc1ncccc1C(=O)c1ccc2cccnc2c1. The van der Waals surface area contributed by atoms with Gasteiger partial charge in [0.15, 0.2) is 5.78 Å². The molecule has 0 N–H and O–H groups in total. The molecule has 4 heteroatoms. The molecule has 0 fully saturated rings. The van der Waals surface area contributed by atoms with Crippen molar-refractivity contribution in [1.29, 1.82) is 0 Å². The number of fused-ring (bicyclic) bond motifs is 1. The number of pyridine rings is 2. The Balaban J connectivity index is 2.08. The maximum absolute atomic E-state index is 12.5. The highest BCUT2D eigenvalue weighted by atomic mass is 16.5. The van der Waals surface area contributed by atoms with Gasteiger partial charge in [-0.2, -0.15) is 0 Å². The molecule has 98 valence electrons. The summed E-state index contributed by atoms with van der Waals surface area (Å²) in [4.78, 5) is 20.8. The molecule has 2 heterocycles. The summed E-state index contributed by atoms with van der Waals surface area (Å²) in [6.07, 6.45) is 3.30. The van der Waals surface area contributed by atoms with Crippen molar-refractivity contribution in [2.24, 2.45) is 0 Å². The maximum Gasteiger partial charge on any atom is 0.224 e. The molecular weight excluding hydrogens is 252 g/mol. The maximum atomic E-state index is 12.5. The number of nitrogens with zero attached hydrogens (tertiary/aromatic N) is 2. The van der Waals surface area contributed by atoms with E-state index < -0.39 is 0 Å². The smallest absolute Gasteiger partial charge is 0.224 e. The first-order valence-electron chi connectivity index (χ1n) is 6.18. The number of carbonyl (C=O) groups is 1. The van der Waals surface area contributed by atoms with Gasteiger partial charge in [-0.05, 0) is 24.3 Å². The van der Waals surface area contributed by atoms with E-state index in [0.717, 1.165) is 10.9 Å². The Bertz CT molecular complexity index is 784. The standard InChI is InChI=1S/C16H12N2O2/c1-20-16-13(5-3-9-18-16)15(19)12-7-6-11-4-2-8-17-14(11)10-12/h2-10H,1H3. The lowest BCUT2D eigenvalue weighted by atomic mass is 10.0. The molecular formula is C16H12N2O2. The van der Waals surface area contributed by atoms with Crippen LogP contribution in [0, 0.1) is 0 Å². The quantitative estimate of drug-likeness (QED) is 0.682. The Morgan fingerprint density at radius 3 is 2.70 bits per heavy atom. The Morgan fingerprint density at radius 2 is 1.85 bits per heavy atom. The van der Waals surface area contributed by atoms with Gasteiger partial charge in [-0.3, -0.25) is 9.78 Å². The van der Waals surface area contributed by atoms with Gasteiger partial charge in [0.1, 0.15) is 0 Å². The van der Waals surface area contributed by atoms with Gasteiger partial charge < -0.3 is 4.74 Å². The van der Waals surface area contributed by atoms with Crippen LogP contribution in [0.15, 0.2) is 54.9 Å². The molecule has 0 aliphatic heterocycles. The van der Waals surface area contributed by atoms with E-state index in [0.29, 0.717) is 17.0 Å². The minimum absolute atomic E-state index is 0.123. The third kappa shape index (κ3) is 2.12. The van der Waals surface area contributed by atoms with Gasteiger partial charge in [0.2, 0.25) is 5.88 Å². The van der Waals surface area contributed by atoms with Crippen LogP contribution in [0.3, 0.4) is 0 Å². The van der Waals surface area contributed by atoms with Crippen LogP contribution < -0.4 is 4.74 Å². The first-order chi connectivity index (χ1) is 9.79. The normalized spacial score (nSPS) is 10.4. The van der Waals surface area contributed by atoms with E-state index in [1.54, 1.807) is 36.7 Å². The molecule has 0 aliphatic rings. The van der Waals surface area contributed by atoms with Crippen LogP contribution in [-0.4, -0.2) is 22.9 Å². The van der Waals surface area contributed by atoms with Crippen molar-refractivity contribution in [3.05, 3.63) is 66.0 Å². The topological polar surface area (TPSA) is 52.1 Å². The number of ether oxygens (including phenoxy) is 1. The second-order valence-corrected chi connectivity index (χ2v) is 4.30. The van der Waals surface area contributed by atoms with Gasteiger partial charge in [0.05, 0.1) is 18.2 Å². The van der Waals surface area contributed by atoms with E-state index in [1.807, 2.05) is 18.2 Å². The monoisotopic (exact) mass is 264 g/mol. The molecule has 1 aromatic carbocycles. The Morgan fingerprint density at radius 1 is 1.05 bits per heavy atom. The largest absolute Gasteiger partial charge is 0.480 e. The number of rotatable bonds is 3. The summed E-state index contributed by atoms with van der Waals surface area (Å²) in [5, 5.41) is 1.00. The highest BCUT2D eigenvalue weighted by Gasteiger charge is 2.15. The van der Waals surface area contributed by atoms with Gasteiger partial charge in [-0.1, -0.05) is 18.2 Å². The zero-order valence-corrected chi connectivity index (χ0v) is 10.9. The summed E-state index contributed by atoms with van der Waals surface area (Å²) < 4.78 is 5.13. The molecule has 0 saturated heterocycles. The fraction of sp³-hybridized carbons (Fsp3) is 0.0625. The molecule has 0 radical (unpaired) electrons. The molecule has 4 nitrogen and oxygen atoms in total. The Kier molecular flexibility index (Phi) is 3.13. The van der Waals surface area contributed by atoms with Crippen LogP contribution in [-0.2, 0) is 0 Å². The van der Waals surface area contributed by atoms with Crippen LogP contribution in [0.5, 0.6) is 5.88 Å². The molecule has 0 amide bonds. The number of hydrogen-bond acceptors (Lipinski definition) is 4. The fourth-order valence-electron chi connectivity index (χ4n) is 2.09. The highest BCUT2D eigenvalue weighted by Crippen LogP contribution is 2.20. The minimum atomic E-state index is -0.123. The molecule has 0 unspecified atom stereocenters. The predicted octanol–water partition coefficient (Wildman–Crippen LogP) is 2.87. The number of aromatic nitrogens is 2. The fourth-order valence-corrected chi connectivity index (χ4v) is 2.09. The van der Waals surface area contributed by atoms with E-state index in [1.165, 1.54) is 7.11 Å². The van der Waals surface area contributed by atoms with Crippen molar-refractivity contribution in [2.45, 2.75) is 0 Å². The van der Waals surface area contributed by atoms with E-state index in [4.69, 9.17) is 4.74 Å². The van der Waals surface area contributed by atoms with Gasteiger partial charge in [0.25, 0.3) is 0 Å². The first-order valence-corrected chi connectivity index (χ1v) is 6.18. The zero-order chi connectivity index (χ0) is 13.9. The summed E-state index contributed by atoms with van der Waals surface area (Å²) in [7, 11) is 1.50. The van der Waals surface area contributed by atoms with Crippen LogP contribution in [0.25, 0.3) is 10.9 Å². The Labute approximate surface area is 116 Å². The first kappa shape index (κ1) is 12.3. The van der Waals surface area contributed by atoms with Crippen molar-refractivity contribution in [2.75, 3.05) is 7.11 Å². The Hall–Kier alpha value is -2.75. The summed E-state index contributed by atoms with van der Waals surface area (Å²) in [6, 6.07) is 12.7. The number of carbonyl (C=O) groups excluding carboxylic acids is 1. The molecule has 0 aliphatic carbocycles. The molecule has 20 heavy (non-hydrogen) atoms. The van der Waals surface area contributed by atoms with Gasteiger partial charge in [-0.15, -0.1) is 0 Å². The van der Waals surface area contributed by atoms with Crippen molar-refractivity contribution in [1.82, 2.24) is 9.97 Å². The van der Waals surface area contributed by atoms with E-state index >= 15 is 0 Å². The van der Waals surface area contributed by atoms with Crippen LogP contribution in [0.2, 0.25) is 0 Å². The van der Waals surface area contributed by atoms with Crippen molar-refractivity contribution in [3.8, 4) is 5.88 Å². The number of ketones is 1. The second kappa shape index (κ2) is 5.09. The summed E-state index contributed by atoms with van der Waals surface area (Å²) in [5.41, 5.74) is 1.81. The molecule has 0 atom stereocenters. The molecule has 0 saturated carbocycles. The van der Waals surface area contributed by atoms with Crippen LogP contribution in [0.1, 0.15) is 15.9 Å². The molecule has 3 aromatic rings. The lowest BCUT2D eigenvalue weighted by molar-refractivity contribution is 0.103.